The highest BCUT2D eigenvalue weighted by Gasteiger charge is 2.35. The number of fused-ring (bicyclic) bond motifs is 4. The average molecular weight is 1840 g/mol. The molecule has 0 radical (unpaired) electrons. The standard InChI is InChI=1S/2C66H66N2O2/c2*1-63(2,3)47-19-31-53(32-20-47)67(54-33-21-48(22-34-54)64(4,5)6)51-27-13-43(14-28-51)45-17-39-57-59(41-45)61(69)58-40-18-46(42-60(58)62(57)70)44-15-29-52(30-16-44)68(55-35-23-49(24-36-55)65(7,8)9)56-37-25-50(26-38-56)66(10,11)12/h2*13-42H,1-12H3. The lowest BCUT2D eigenvalue weighted by molar-refractivity contribution is 0.0979. The molecule has 0 fully saturated rings. The number of hydrogen-bond acceptors (Lipinski definition) is 8. The van der Waals surface area contributed by atoms with Gasteiger partial charge in [0.15, 0.2) is 23.1 Å². The van der Waals surface area contributed by atoms with Gasteiger partial charge in [-0.15, -0.1) is 0 Å². The van der Waals surface area contributed by atoms with Gasteiger partial charge < -0.3 is 19.6 Å². The van der Waals surface area contributed by atoms with Crippen molar-refractivity contribution >= 4 is 91.4 Å². The summed E-state index contributed by atoms with van der Waals surface area (Å²) in [4.78, 5) is 66.3. The van der Waals surface area contributed by atoms with E-state index in [1.807, 2.05) is 72.8 Å². The van der Waals surface area contributed by atoms with Gasteiger partial charge in [0.25, 0.3) is 0 Å². The molecule has 2 aliphatic carbocycles. The molecule has 16 aromatic rings. The van der Waals surface area contributed by atoms with Gasteiger partial charge in [0.2, 0.25) is 0 Å². The Balaban J connectivity index is 0.000000193. The number of anilines is 12. The van der Waals surface area contributed by atoms with Gasteiger partial charge in [-0.25, -0.2) is 0 Å². The van der Waals surface area contributed by atoms with E-state index in [0.29, 0.717) is 44.5 Å². The lowest BCUT2D eigenvalue weighted by Crippen LogP contribution is -2.21. The van der Waals surface area contributed by atoms with Crippen molar-refractivity contribution in [3.05, 3.63) is 453 Å². The first-order valence-electron chi connectivity index (χ1n) is 49.3. The Labute approximate surface area is 831 Å². The predicted octanol–water partition coefficient (Wildman–Crippen LogP) is 35.9. The maximum absolute atomic E-state index is 14.3. The van der Waals surface area contributed by atoms with Gasteiger partial charge in [-0.2, -0.15) is 0 Å². The topological polar surface area (TPSA) is 81.2 Å². The molecule has 8 heteroatoms. The molecule has 0 aromatic heterocycles. The van der Waals surface area contributed by atoms with Gasteiger partial charge in [0.05, 0.1) is 0 Å². The zero-order valence-corrected chi connectivity index (χ0v) is 86.1. The van der Waals surface area contributed by atoms with E-state index in [1.54, 1.807) is 0 Å². The van der Waals surface area contributed by atoms with Crippen molar-refractivity contribution in [3.8, 4) is 44.5 Å². The first-order chi connectivity index (χ1) is 66.1. The van der Waals surface area contributed by atoms with Crippen molar-refractivity contribution in [1.82, 2.24) is 0 Å². The van der Waals surface area contributed by atoms with Crippen molar-refractivity contribution in [2.45, 2.75) is 209 Å². The van der Waals surface area contributed by atoms with E-state index in [1.165, 1.54) is 44.5 Å². The highest BCUT2D eigenvalue weighted by molar-refractivity contribution is 6.30. The first-order valence-corrected chi connectivity index (χ1v) is 49.3. The van der Waals surface area contributed by atoms with Crippen LogP contribution in [0.4, 0.5) is 68.2 Å². The quantitative estimate of drug-likeness (QED) is 0.0947. The summed E-state index contributed by atoms with van der Waals surface area (Å²) in [6, 6.07) is 127. The smallest absolute Gasteiger partial charge is 0.194 e. The molecule has 2 aliphatic rings. The second kappa shape index (κ2) is 37.3. The summed E-state index contributed by atoms with van der Waals surface area (Å²) in [7, 11) is 0. The molecular formula is C132H132N4O4. The summed E-state index contributed by atoms with van der Waals surface area (Å²) in [5.41, 5.74) is 34.1. The van der Waals surface area contributed by atoms with E-state index in [4.69, 9.17) is 0 Å². The summed E-state index contributed by atoms with van der Waals surface area (Å²) in [6.45, 7) is 53.6. The molecule has 704 valence electrons. The molecule has 0 unspecified atom stereocenters. The van der Waals surface area contributed by atoms with Crippen molar-refractivity contribution in [2.75, 3.05) is 19.6 Å². The fraction of sp³-hybridized carbons (Fsp3) is 0.242. The van der Waals surface area contributed by atoms with Gasteiger partial charge in [0.1, 0.15) is 0 Å². The summed E-state index contributed by atoms with van der Waals surface area (Å²) >= 11 is 0. The van der Waals surface area contributed by atoms with E-state index in [9.17, 15) is 19.2 Å². The van der Waals surface area contributed by atoms with Crippen LogP contribution in [0.15, 0.2) is 364 Å². The Hall–Kier alpha value is -14.6. The maximum atomic E-state index is 14.3. The Bertz CT molecular complexity index is 6180. The summed E-state index contributed by atoms with van der Waals surface area (Å²) in [5, 5.41) is 0. The zero-order chi connectivity index (χ0) is 99.8. The van der Waals surface area contributed by atoms with E-state index in [-0.39, 0.29) is 66.5 Å². The van der Waals surface area contributed by atoms with Crippen LogP contribution in [0.3, 0.4) is 0 Å². The van der Waals surface area contributed by atoms with Crippen LogP contribution >= 0.6 is 0 Å². The number of ketones is 4. The maximum Gasteiger partial charge on any atom is 0.194 e. The van der Waals surface area contributed by atoms with Crippen LogP contribution in [0.5, 0.6) is 0 Å². The fourth-order valence-corrected chi connectivity index (χ4v) is 18.9. The SMILES string of the molecule is CC(C)(C)c1ccc(N(c2ccc(-c3ccc4c(c3)C(=O)c3ccc(-c5ccc(N(c6ccc(C(C)(C)C)cc6)c6ccc(C(C)(C)C)cc6)cc5)cc3C4=O)cc2)c2ccc(C(C)(C)C)cc2)cc1.CC(C)(C)c1ccc(N(c2ccc(-c3ccc4c(c3)C(=O)c3ccc(-c5ccc(N(c6ccc(C(C)(C)C)cc6)c6ccc(C(C)(C)C)cc6)cc5)cc3C4=O)cc2)c2ccc(C(C)(C)C)cc2)cc1. The van der Waals surface area contributed by atoms with Gasteiger partial charge in [-0.05, 0) is 326 Å². The summed E-state index contributed by atoms with van der Waals surface area (Å²) in [5.74, 6) is -0.559. The molecule has 0 atom stereocenters. The van der Waals surface area contributed by atoms with Crippen LogP contribution in [-0.4, -0.2) is 23.1 Å². The number of carbonyl (C=O) groups is 4. The van der Waals surface area contributed by atoms with Crippen LogP contribution in [0.1, 0.15) is 274 Å². The van der Waals surface area contributed by atoms with Crippen molar-refractivity contribution in [3.63, 3.8) is 0 Å². The molecule has 18 rings (SSSR count). The molecule has 0 saturated carbocycles. The first kappa shape index (κ1) is 97.1. The molecule has 0 saturated heterocycles. The third-order valence-corrected chi connectivity index (χ3v) is 27.8. The van der Waals surface area contributed by atoms with Crippen molar-refractivity contribution < 1.29 is 19.2 Å². The van der Waals surface area contributed by atoms with E-state index in [0.717, 1.165) is 113 Å². The molecule has 0 aliphatic heterocycles. The summed E-state index contributed by atoms with van der Waals surface area (Å²) < 4.78 is 0. The lowest BCUT2D eigenvalue weighted by atomic mass is 9.81. The molecule has 0 spiro atoms. The minimum absolute atomic E-state index is 0.0450. The van der Waals surface area contributed by atoms with Crippen LogP contribution in [0.25, 0.3) is 44.5 Å². The fourth-order valence-electron chi connectivity index (χ4n) is 18.9. The molecule has 16 aromatic carbocycles. The van der Waals surface area contributed by atoms with Gasteiger partial charge in [0, 0.05) is 113 Å². The van der Waals surface area contributed by atoms with Crippen LogP contribution in [0, 0.1) is 0 Å². The predicted molar refractivity (Wildman–Crippen MR) is 590 cm³/mol. The Morgan fingerprint density at radius 3 is 0.329 bits per heavy atom. The van der Waals surface area contributed by atoms with Crippen LogP contribution in [-0.2, 0) is 43.3 Å². The van der Waals surface area contributed by atoms with Crippen LogP contribution < -0.4 is 19.6 Å². The van der Waals surface area contributed by atoms with E-state index >= 15 is 0 Å². The molecule has 0 bridgehead atoms. The molecule has 0 amide bonds. The third kappa shape index (κ3) is 20.4. The van der Waals surface area contributed by atoms with Gasteiger partial charge in [-0.3, -0.25) is 19.2 Å². The number of rotatable bonds is 16. The monoisotopic (exact) mass is 1840 g/mol. The van der Waals surface area contributed by atoms with E-state index < -0.39 is 0 Å². The number of carbonyl (C=O) groups excluding carboxylic acids is 4. The third-order valence-electron chi connectivity index (χ3n) is 27.8. The van der Waals surface area contributed by atoms with Gasteiger partial charge in [-0.1, -0.05) is 336 Å². The van der Waals surface area contributed by atoms with Crippen molar-refractivity contribution in [1.29, 1.82) is 0 Å². The highest BCUT2D eigenvalue weighted by atomic mass is 16.1. The summed E-state index contributed by atoms with van der Waals surface area (Å²) in [6.07, 6.45) is 0. The molecule has 140 heavy (non-hydrogen) atoms. The average Bonchev–Trinajstić information content (AvgIpc) is 0.738. The number of hydrogen-bond donors (Lipinski definition) is 0. The molecule has 0 N–H and O–H groups in total. The number of nitrogens with zero attached hydrogens (tertiary/aromatic N) is 4. The Morgan fingerprint density at radius 2 is 0.221 bits per heavy atom. The second-order valence-corrected chi connectivity index (χ2v) is 46.3. The highest BCUT2D eigenvalue weighted by Crippen LogP contribution is 2.47. The lowest BCUT2D eigenvalue weighted by Gasteiger charge is -2.28. The minimum atomic E-state index is -0.140. The van der Waals surface area contributed by atoms with Crippen LogP contribution in [0.2, 0.25) is 0 Å². The molecular weight excluding hydrogens is 1710 g/mol. The second-order valence-electron chi connectivity index (χ2n) is 46.3. The Kier molecular flexibility index (Phi) is 25.8. The number of benzene rings is 16. The van der Waals surface area contributed by atoms with Crippen molar-refractivity contribution in [2.24, 2.45) is 0 Å². The minimum Gasteiger partial charge on any atom is -0.311 e. The van der Waals surface area contributed by atoms with Gasteiger partial charge >= 0.3 is 0 Å². The largest absolute Gasteiger partial charge is 0.311 e. The zero-order valence-electron chi connectivity index (χ0n) is 86.1. The molecule has 8 nitrogen and oxygen atoms in total. The molecule has 0 heterocycles. The normalized spacial score (nSPS) is 12.9. The van der Waals surface area contributed by atoms with E-state index in [2.05, 4.69) is 477 Å². The Morgan fingerprint density at radius 1 is 0.121 bits per heavy atom.